The lowest BCUT2D eigenvalue weighted by atomic mass is 9.35. The van der Waals surface area contributed by atoms with Crippen LogP contribution in [-0.2, 0) is 10.8 Å². The van der Waals surface area contributed by atoms with Crippen molar-refractivity contribution in [3.63, 3.8) is 0 Å². The standard InChI is InChI=1S/C30H36O2/c1-22(2)30(32)26(31)21-28(5,23-15-9-6-10-16-23)29(27(30,3)4,24-17-11-7-12-18-24)25-19-13-8-14-20-25/h6-20,22,26,31-32H,21H2,1-5H3. The highest BCUT2D eigenvalue weighted by Gasteiger charge is 2.72. The average Bonchev–Trinajstić information content (AvgIpc) is 2.79. The molecule has 3 unspecified atom stereocenters. The molecule has 168 valence electrons. The zero-order valence-corrected chi connectivity index (χ0v) is 19.9. The van der Waals surface area contributed by atoms with E-state index in [1.165, 1.54) is 5.56 Å². The van der Waals surface area contributed by atoms with Crippen LogP contribution in [0, 0.1) is 11.3 Å². The van der Waals surface area contributed by atoms with Crippen molar-refractivity contribution in [3.05, 3.63) is 108 Å². The van der Waals surface area contributed by atoms with Gasteiger partial charge in [0.1, 0.15) is 0 Å². The molecule has 3 aromatic rings. The van der Waals surface area contributed by atoms with Crippen LogP contribution in [0.5, 0.6) is 0 Å². The normalized spacial score (nSPS) is 29.1. The molecule has 0 bridgehead atoms. The van der Waals surface area contributed by atoms with Crippen molar-refractivity contribution in [2.24, 2.45) is 11.3 Å². The summed E-state index contributed by atoms with van der Waals surface area (Å²) < 4.78 is 0. The molecule has 1 fully saturated rings. The Hall–Kier alpha value is -2.42. The summed E-state index contributed by atoms with van der Waals surface area (Å²) in [5, 5.41) is 23.9. The first kappa shape index (κ1) is 22.8. The molecule has 3 aromatic carbocycles. The van der Waals surface area contributed by atoms with Gasteiger partial charge in [-0.2, -0.15) is 0 Å². The minimum atomic E-state index is -1.28. The third kappa shape index (κ3) is 2.79. The predicted octanol–water partition coefficient (Wildman–Crippen LogP) is 6.11. The summed E-state index contributed by atoms with van der Waals surface area (Å²) >= 11 is 0. The van der Waals surface area contributed by atoms with E-state index in [2.05, 4.69) is 93.6 Å². The van der Waals surface area contributed by atoms with Gasteiger partial charge in [0.05, 0.1) is 11.7 Å². The first-order chi connectivity index (χ1) is 15.1. The zero-order chi connectivity index (χ0) is 23.2. The van der Waals surface area contributed by atoms with E-state index >= 15 is 0 Å². The van der Waals surface area contributed by atoms with Crippen molar-refractivity contribution < 1.29 is 10.2 Å². The van der Waals surface area contributed by atoms with Gasteiger partial charge in [0.25, 0.3) is 0 Å². The van der Waals surface area contributed by atoms with E-state index in [9.17, 15) is 10.2 Å². The second-order valence-corrected chi connectivity index (χ2v) is 10.5. The van der Waals surface area contributed by atoms with Gasteiger partial charge in [0.15, 0.2) is 0 Å². The van der Waals surface area contributed by atoms with Crippen LogP contribution < -0.4 is 0 Å². The smallest absolute Gasteiger partial charge is 0.0990 e. The zero-order valence-electron chi connectivity index (χ0n) is 19.9. The van der Waals surface area contributed by atoms with Crippen LogP contribution in [0.1, 0.15) is 57.7 Å². The molecular formula is C30H36O2. The molecular weight excluding hydrogens is 392 g/mol. The highest BCUT2D eigenvalue weighted by Crippen LogP contribution is 2.68. The molecule has 32 heavy (non-hydrogen) atoms. The Morgan fingerprint density at radius 2 is 1.06 bits per heavy atom. The number of aliphatic hydroxyl groups excluding tert-OH is 1. The number of aliphatic hydroxyl groups is 2. The van der Waals surface area contributed by atoms with Crippen LogP contribution in [-0.4, -0.2) is 21.9 Å². The van der Waals surface area contributed by atoms with E-state index in [4.69, 9.17) is 0 Å². The average molecular weight is 429 g/mol. The van der Waals surface area contributed by atoms with Gasteiger partial charge in [-0.1, -0.05) is 126 Å². The Balaban J connectivity index is 2.21. The fourth-order valence-corrected chi connectivity index (χ4v) is 7.25. The fraction of sp³-hybridized carbons (Fsp3) is 0.400. The Labute approximate surface area is 193 Å². The molecule has 0 amide bonds. The number of hydrogen-bond acceptors (Lipinski definition) is 2. The van der Waals surface area contributed by atoms with Crippen molar-refractivity contribution in [2.75, 3.05) is 0 Å². The lowest BCUT2D eigenvalue weighted by Crippen LogP contribution is -2.75. The van der Waals surface area contributed by atoms with E-state index in [-0.39, 0.29) is 5.92 Å². The van der Waals surface area contributed by atoms with Gasteiger partial charge >= 0.3 is 0 Å². The van der Waals surface area contributed by atoms with Crippen LogP contribution in [0.2, 0.25) is 0 Å². The quantitative estimate of drug-likeness (QED) is 0.526. The van der Waals surface area contributed by atoms with E-state index in [0.717, 1.165) is 11.1 Å². The van der Waals surface area contributed by atoms with Crippen molar-refractivity contribution in [2.45, 2.75) is 63.6 Å². The number of benzene rings is 3. The second kappa shape index (κ2) is 7.86. The van der Waals surface area contributed by atoms with Gasteiger partial charge in [-0.15, -0.1) is 0 Å². The topological polar surface area (TPSA) is 40.5 Å². The summed E-state index contributed by atoms with van der Waals surface area (Å²) in [6, 6.07) is 31.7. The van der Waals surface area contributed by atoms with Crippen LogP contribution in [0.3, 0.4) is 0 Å². The van der Waals surface area contributed by atoms with Crippen LogP contribution >= 0.6 is 0 Å². The molecule has 3 atom stereocenters. The molecule has 0 aliphatic heterocycles. The van der Waals surface area contributed by atoms with Crippen LogP contribution in [0.4, 0.5) is 0 Å². The number of rotatable bonds is 4. The van der Waals surface area contributed by atoms with E-state index < -0.39 is 27.9 Å². The maximum atomic E-state index is 12.3. The Kier molecular flexibility index (Phi) is 5.59. The number of hydrogen-bond donors (Lipinski definition) is 2. The lowest BCUT2D eigenvalue weighted by molar-refractivity contribution is -0.237. The van der Waals surface area contributed by atoms with Gasteiger partial charge in [-0.05, 0) is 29.0 Å². The van der Waals surface area contributed by atoms with Gasteiger partial charge in [-0.3, -0.25) is 0 Å². The summed E-state index contributed by atoms with van der Waals surface area (Å²) in [6.45, 7) is 10.6. The van der Waals surface area contributed by atoms with Crippen molar-refractivity contribution in [1.29, 1.82) is 0 Å². The van der Waals surface area contributed by atoms with E-state index in [1.54, 1.807) is 0 Å². The van der Waals surface area contributed by atoms with E-state index in [0.29, 0.717) is 6.42 Å². The van der Waals surface area contributed by atoms with Crippen molar-refractivity contribution >= 4 is 0 Å². The lowest BCUT2D eigenvalue weighted by Gasteiger charge is -2.69. The molecule has 0 spiro atoms. The molecule has 1 aliphatic rings. The monoisotopic (exact) mass is 428 g/mol. The molecule has 1 aliphatic carbocycles. The van der Waals surface area contributed by atoms with Gasteiger partial charge < -0.3 is 10.2 Å². The predicted molar refractivity (Wildman–Crippen MR) is 132 cm³/mol. The minimum Gasteiger partial charge on any atom is -0.390 e. The molecule has 0 aromatic heterocycles. The summed E-state index contributed by atoms with van der Waals surface area (Å²) in [4.78, 5) is 0. The summed E-state index contributed by atoms with van der Waals surface area (Å²) in [5.41, 5.74) is 0.433. The van der Waals surface area contributed by atoms with Crippen molar-refractivity contribution in [1.82, 2.24) is 0 Å². The first-order valence-corrected chi connectivity index (χ1v) is 11.7. The van der Waals surface area contributed by atoms with Gasteiger partial charge in [-0.25, -0.2) is 0 Å². The minimum absolute atomic E-state index is 0.125. The first-order valence-electron chi connectivity index (χ1n) is 11.7. The Morgan fingerprint density at radius 3 is 1.44 bits per heavy atom. The molecule has 1 saturated carbocycles. The third-order valence-corrected chi connectivity index (χ3v) is 8.58. The van der Waals surface area contributed by atoms with E-state index in [1.807, 2.05) is 32.0 Å². The molecule has 0 saturated heterocycles. The second-order valence-electron chi connectivity index (χ2n) is 10.5. The third-order valence-electron chi connectivity index (χ3n) is 8.58. The fourth-order valence-electron chi connectivity index (χ4n) is 7.25. The SMILES string of the molecule is CC(C)C1(O)C(O)CC(C)(c2ccccc2)C(c2ccccc2)(c2ccccc2)C1(C)C. The molecule has 2 heteroatoms. The molecule has 0 heterocycles. The molecule has 2 nitrogen and oxygen atoms in total. The largest absolute Gasteiger partial charge is 0.390 e. The molecule has 4 rings (SSSR count). The summed E-state index contributed by atoms with van der Waals surface area (Å²) in [6.07, 6.45) is -0.401. The van der Waals surface area contributed by atoms with Crippen LogP contribution in [0.25, 0.3) is 0 Å². The maximum Gasteiger partial charge on any atom is 0.0990 e. The Bertz CT molecular complexity index is 1000. The highest BCUT2D eigenvalue weighted by atomic mass is 16.3. The summed E-state index contributed by atoms with van der Waals surface area (Å²) in [7, 11) is 0. The maximum absolute atomic E-state index is 12.3. The van der Waals surface area contributed by atoms with Crippen molar-refractivity contribution in [3.8, 4) is 0 Å². The van der Waals surface area contributed by atoms with Crippen LogP contribution in [0.15, 0.2) is 91.0 Å². The summed E-state index contributed by atoms with van der Waals surface area (Å²) in [5.74, 6) is -0.125. The molecule has 2 N–H and O–H groups in total. The highest BCUT2D eigenvalue weighted by molar-refractivity contribution is 5.53. The Morgan fingerprint density at radius 1 is 0.688 bits per heavy atom. The molecule has 0 radical (unpaired) electrons. The van der Waals surface area contributed by atoms with Gasteiger partial charge in [0, 0.05) is 16.2 Å². The van der Waals surface area contributed by atoms with Gasteiger partial charge in [0.2, 0.25) is 0 Å².